The largest absolute Gasteiger partial charge is 0.295 e. The summed E-state index contributed by atoms with van der Waals surface area (Å²) in [5, 5.41) is 4.73. The van der Waals surface area contributed by atoms with Crippen molar-refractivity contribution in [1.82, 2.24) is 14.6 Å². The van der Waals surface area contributed by atoms with Crippen molar-refractivity contribution in [2.24, 2.45) is 0 Å². The Morgan fingerprint density at radius 3 is 2.50 bits per heavy atom. The van der Waals surface area contributed by atoms with E-state index in [1.807, 2.05) is 71.2 Å². The van der Waals surface area contributed by atoms with E-state index in [0.717, 1.165) is 28.2 Å². The van der Waals surface area contributed by atoms with E-state index in [0.29, 0.717) is 5.56 Å². The molecule has 2 aromatic carbocycles. The first-order valence-electron chi connectivity index (χ1n) is 7.74. The van der Waals surface area contributed by atoms with Crippen LogP contribution in [0.3, 0.4) is 0 Å². The lowest BCUT2D eigenvalue weighted by Crippen LogP contribution is -1.98. The summed E-state index contributed by atoms with van der Waals surface area (Å²) in [6.07, 6.45) is 1.79. The van der Waals surface area contributed by atoms with Crippen LogP contribution in [0.15, 0.2) is 72.9 Å². The summed E-state index contributed by atoms with van der Waals surface area (Å²) in [5.41, 5.74) is 5.18. The number of hydrogen-bond donors (Lipinski definition) is 0. The Morgan fingerprint density at radius 2 is 1.71 bits per heavy atom. The van der Waals surface area contributed by atoms with E-state index in [9.17, 15) is 4.79 Å². The molecule has 0 atom stereocenters. The highest BCUT2D eigenvalue weighted by Crippen LogP contribution is 2.23. The van der Waals surface area contributed by atoms with E-state index < -0.39 is 0 Å². The number of Topliss-reactive ketones (excluding diaryl/α,β-unsaturated/α-hetero) is 1. The smallest absolute Gasteiger partial charge is 0.159 e. The van der Waals surface area contributed by atoms with Gasteiger partial charge in [0, 0.05) is 16.7 Å². The zero-order valence-electron chi connectivity index (χ0n) is 13.2. The van der Waals surface area contributed by atoms with Crippen molar-refractivity contribution < 1.29 is 4.79 Å². The van der Waals surface area contributed by atoms with Gasteiger partial charge in [-0.05, 0) is 25.1 Å². The molecular formula is C20H15N3O. The molecule has 4 heteroatoms. The maximum atomic E-state index is 11.6. The van der Waals surface area contributed by atoms with Crippen molar-refractivity contribution in [3.8, 4) is 22.5 Å². The van der Waals surface area contributed by atoms with Gasteiger partial charge in [-0.1, -0.05) is 48.5 Å². The molecule has 4 nitrogen and oxygen atoms in total. The molecule has 0 spiro atoms. The summed E-state index contributed by atoms with van der Waals surface area (Å²) in [6.45, 7) is 1.57. The lowest BCUT2D eigenvalue weighted by molar-refractivity contribution is 0.101. The number of rotatable bonds is 3. The minimum absolute atomic E-state index is 0.0450. The van der Waals surface area contributed by atoms with Gasteiger partial charge in [-0.15, -0.1) is 0 Å². The monoisotopic (exact) mass is 313 g/mol. The normalized spacial score (nSPS) is 10.9. The molecule has 0 N–H and O–H groups in total. The molecule has 0 bridgehead atoms. The third kappa shape index (κ3) is 2.48. The zero-order chi connectivity index (χ0) is 16.5. The van der Waals surface area contributed by atoms with E-state index in [1.165, 1.54) is 0 Å². The Labute approximate surface area is 139 Å². The Bertz CT molecular complexity index is 1040. The topological polar surface area (TPSA) is 47.3 Å². The van der Waals surface area contributed by atoms with Crippen LogP contribution in [-0.4, -0.2) is 20.4 Å². The SMILES string of the molecule is CC(=O)c1cccc(-c2cnc3ccc(-c4ccccc4)nn23)c1. The Balaban J connectivity index is 1.88. The zero-order valence-corrected chi connectivity index (χ0v) is 13.2. The number of fused-ring (bicyclic) bond motifs is 1. The predicted octanol–water partition coefficient (Wildman–Crippen LogP) is 4.27. The number of hydrogen-bond acceptors (Lipinski definition) is 3. The molecule has 2 heterocycles. The van der Waals surface area contributed by atoms with Crippen LogP contribution in [0.2, 0.25) is 0 Å². The van der Waals surface area contributed by atoms with E-state index in [2.05, 4.69) is 4.98 Å². The van der Waals surface area contributed by atoms with Gasteiger partial charge < -0.3 is 0 Å². The van der Waals surface area contributed by atoms with Crippen LogP contribution >= 0.6 is 0 Å². The first-order chi connectivity index (χ1) is 11.7. The molecule has 116 valence electrons. The molecule has 0 aliphatic carbocycles. The second-order valence-corrected chi connectivity index (χ2v) is 5.64. The van der Waals surface area contributed by atoms with Crippen LogP contribution in [0.25, 0.3) is 28.2 Å². The maximum Gasteiger partial charge on any atom is 0.159 e. The van der Waals surface area contributed by atoms with E-state index in [1.54, 1.807) is 13.1 Å². The molecule has 24 heavy (non-hydrogen) atoms. The van der Waals surface area contributed by atoms with Crippen LogP contribution in [0.4, 0.5) is 0 Å². The van der Waals surface area contributed by atoms with E-state index >= 15 is 0 Å². The highest BCUT2D eigenvalue weighted by molar-refractivity contribution is 5.95. The number of nitrogens with zero attached hydrogens (tertiary/aromatic N) is 3. The molecule has 0 amide bonds. The second kappa shape index (κ2) is 5.74. The highest BCUT2D eigenvalue weighted by Gasteiger charge is 2.10. The van der Waals surface area contributed by atoms with Crippen LogP contribution < -0.4 is 0 Å². The van der Waals surface area contributed by atoms with Crippen molar-refractivity contribution in [2.45, 2.75) is 6.92 Å². The molecule has 4 aromatic rings. The quantitative estimate of drug-likeness (QED) is 0.531. The van der Waals surface area contributed by atoms with Crippen molar-refractivity contribution in [3.05, 3.63) is 78.5 Å². The molecule has 0 aliphatic rings. The van der Waals surface area contributed by atoms with Gasteiger partial charge in [0.2, 0.25) is 0 Å². The molecule has 2 aromatic heterocycles. The van der Waals surface area contributed by atoms with Crippen molar-refractivity contribution in [3.63, 3.8) is 0 Å². The summed E-state index contributed by atoms with van der Waals surface area (Å²) in [7, 11) is 0. The number of ketones is 1. The minimum atomic E-state index is 0.0450. The molecule has 0 unspecified atom stereocenters. The van der Waals surface area contributed by atoms with Crippen molar-refractivity contribution in [2.75, 3.05) is 0 Å². The van der Waals surface area contributed by atoms with Crippen LogP contribution in [0.1, 0.15) is 17.3 Å². The molecule has 4 rings (SSSR count). The van der Waals surface area contributed by atoms with Crippen LogP contribution in [0, 0.1) is 0 Å². The summed E-state index contributed by atoms with van der Waals surface area (Å²) in [4.78, 5) is 16.1. The van der Waals surface area contributed by atoms with Crippen molar-refractivity contribution in [1.29, 1.82) is 0 Å². The summed E-state index contributed by atoms with van der Waals surface area (Å²) in [6, 6.07) is 21.5. The average Bonchev–Trinajstić information content (AvgIpc) is 3.05. The number of imidazole rings is 1. The van der Waals surface area contributed by atoms with E-state index in [-0.39, 0.29) is 5.78 Å². The van der Waals surface area contributed by atoms with Gasteiger partial charge >= 0.3 is 0 Å². The van der Waals surface area contributed by atoms with Gasteiger partial charge in [-0.25, -0.2) is 9.50 Å². The average molecular weight is 313 g/mol. The summed E-state index contributed by atoms with van der Waals surface area (Å²) >= 11 is 0. The third-order valence-electron chi connectivity index (χ3n) is 4.00. The fourth-order valence-corrected chi connectivity index (χ4v) is 2.73. The summed E-state index contributed by atoms with van der Waals surface area (Å²) < 4.78 is 1.82. The van der Waals surface area contributed by atoms with Gasteiger partial charge in [0.1, 0.15) is 0 Å². The molecule has 0 aliphatic heterocycles. The van der Waals surface area contributed by atoms with Gasteiger partial charge in [-0.2, -0.15) is 5.10 Å². The first-order valence-corrected chi connectivity index (χ1v) is 7.74. The van der Waals surface area contributed by atoms with E-state index in [4.69, 9.17) is 5.10 Å². The standard InChI is InChI=1S/C20H15N3O/c1-14(24)16-8-5-9-17(12-16)19-13-21-20-11-10-18(22-23(19)20)15-6-3-2-4-7-15/h2-13H,1H3. The predicted molar refractivity (Wildman–Crippen MR) is 93.9 cm³/mol. The number of carbonyl (C=O) groups excluding carboxylic acids is 1. The fourth-order valence-electron chi connectivity index (χ4n) is 2.73. The minimum Gasteiger partial charge on any atom is -0.295 e. The van der Waals surface area contributed by atoms with Crippen LogP contribution in [0.5, 0.6) is 0 Å². The maximum absolute atomic E-state index is 11.6. The highest BCUT2D eigenvalue weighted by atomic mass is 16.1. The van der Waals surface area contributed by atoms with Gasteiger partial charge in [0.15, 0.2) is 11.4 Å². The number of carbonyl (C=O) groups is 1. The fraction of sp³-hybridized carbons (Fsp3) is 0.0500. The first kappa shape index (κ1) is 14.3. The number of aromatic nitrogens is 3. The van der Waals surface area contributed by atoms with Gasteiger partial charge in [0.05, 0.1) is 17.6 Å². The summed E-state index contributed by atoms with van der Waals surface area (Å²) in [5.74, 6) is 0.0450. The number of benzene rings is 2. The third-order valence-corrected chi connectivity index (χ3v) is 4.00. The van der Waals surface area contributed by atoms with Crippen LogP contribution in [-0.2, 0) is 0 Å². The van der Waals surface area contributed by atoms with Gasteiger partial charge in [0.25, 0.3) is 0 Å². The lowest BCUT2D eigenvalue weighted by Gasteiger charge is -2.05. The lowest BCUT2D eigenvalue weighted by atomic mass is 10.1. The van der Waals surface area contributed by atoms with Crippen molar-refractivity contribution >= 4 is 11.4 Å². The Kier molecular flexibility index (Phi) is 3.43. The molecule has 0 saturated carbocycles. The molecular weight excluding hydrogens is 298 g/mol. The molecule has 0 saturated heterocycles. The molecule has 0 fully saturated rings. The molecule has 0 radical (unpaired) electrons. The Hall–Kier alpha value is -3.27. The second-order valence-electron chi connectivity index (χ2n) is 5.64. The Morgan fingerprint density at radius 1 is 0.917 bits per heavy atom. The van der Waals surface area contributed by atoms with Gasteiger partial charge in [-0.3, -0.25) is 4.79 Å².